The summed E-state index contributed by atoms with van der Waals surface area (Å²) < 4.78 is 73.1. The van der Waals surface area contributed by atoms with Gasteiger partial charge in [0.05, 0.1) is 14.5 Å². The summed E-state index contributed by atoms with van der Waals surface area (Å²) in [5.74, 6) is -2.29. The van der Waals surface area contributed by atoms with Crippen molar-refractivity contribution in [2.45, 2.75) is 45.7 Å². The van der Waals surface area contributed by atoms with Gasteiger partial charge in [0.1, 0.15) is 5.60 Å². The third kappa shape index (κ3) is 7.68. The van der Waals surface area contributed by atoms with Gasteiger partial charge in [-0.05, 0) is 90.0 Å². The van der Waals surface area contributed by atoms with Crippen molar-refractivity contribution in [3.8, 4) is 5.75 Å². The molecule has 1 fully saturated rings. The number of alkyl halides is 3. The monoisotopic (exact) mass is 760 g/mol. The molecular formula is C25H23Br2ClF4N4O5S. The summed E-state index contributed by atoms with van der Waals surface area (Å²) in [4.78, 5) is 22.8. The van der Waals surface area contributed by atoms with Gasteiger partial charge in [-0.1, -0.05) is 11.6 Å². The first kappa shape index (κ1) is 32.4. The van der Waals surface area contributed by atoms with Gasteiger partial charge in [0.15, 0.2) is 28.2 Å². The summed E-state index contributed by atoms with van der Waals surface area (Å²) in [5, 5.41) is 0.640. The molecule has 0 radical (unpaired) electrons. The number of anilines is 1. The van der Waals surface area contributed by atoms with Gasteiger partial charge in [-0.3, -0.25) is 0 Å². The first-order valence-corrected chi connectivity index (χ1v) is 14.6. The van der Waals surface area contributed by atoms with E-state index in [1.54, 1.807) is 44.7 Å². The van der Waals surface area contributed by atoms with Crippen LogP contribution in [0.5, 0.6) is 5.75 Å². The van der Waals surface area contributed by atoms with Crippen LogP contribution in [0, 0.1) is 10.7 Å². The maximum atomic E-state index is 14.1. The average Bonchev–Trinajstić information content (AvgIpc) is 3.44. The van der Waals surface area contributed by atoms with E-state index in [0.717, 1.165) is 16.1 Å². The van der Waals surface area contributed by atoms with Crippen molar-refractivity contribution in [3.63, 3.8) is 0 Å². The number of H-pyrrole nitrogens is 1. The lowest BCUT2D eigenvalue weighted by molar-refractivity contribution is -0.275. The Labute approximate surface area is 263 Å². The van der Waals surface area contributed by atoms with Crippen LogP contribution in [0.3, 0.4) is 0 Å². The standard InChI is InChI=1S/C18H20BrF4N3O4.C7H3BrClNOS/c1-9-8-25(16(27)30-17(2,3)4)5-6-26(9)15-24-12-13(28-15)10(19)7-11(20)14(12)29-18(21,22)23;8-4-1-3(9)2-5-6(4)11-7(12)10-5/h7,9H,5-6,8H2,1-4H3;1-2H,(H,10,12). The lowest BCUT2D eigenvalue weighted by atomic mass is 10.2. The lowest BCUT2D eigenvalue weighted by Gasteiger charge is -2.39. The fourth-order valence-electron chi connectivity index (χ4n) is 4.03. The van der Waals surface area contributed by atoms with Crippen LogP contribution in [-0.4, -0.2) is 58.6 Å². The highest BCUT2D eigenvalue weighted by molar-refractivity contribution is 9.11. The molecule has 3 heterocycles. The van der Waals surface area contributed by atoms with Crippen molar-refractivity contribution in [2.24, 2.45) is 0 Å². The number of aromatic amines is 1. The number of piperazine rings is 1. The fraction of sp³-hybridized carbons (Fsp3) is 0.400. The zero-order valence-corrected chi connectivity index (χ0v) is 27.1. The molecule has 228 valence electrons. The van der Waals surface area contributed by atoms with Crippen LogP contribution >= 0.6 is 55.7 Å². The molecule has 1 aliphatic heterocycles. The van der Waals surface area contributed by atoms with Gasteiger partial charge >= 0.3 is 12.5 Å². The number of nitrogens with one attached hydrogen (secondary N) is 1. The molecule has 0 spiro atoms. The zero-order chi connectivity index (χ0) is 31.1. The third-order valence-electron chi connectivity index (χ3n) is 5.70. The highest BCUT2D eigenvalue weighted by atomic mass is 79.9. The minimum Gasteiger partial charge on any atom is -0.444 e. The van der Waals surface area contributed by atoms with Crippen molar-refractivity contribution in [2.75, 3.05) is 24.5 Å². The Bertz CT molecular complexity index is 1690. The number of fused-ring (bicyclic) bond motifs is 2. The SMILES string of the molecule is CC1CN(C(=O)OC(C)(C)C)CCN1c1nc2c(OC(F)(F)F)c(F)cc(Br)c2o1.S=c1[nH]c2cc(Cl)cc(Br)c2o1. The Kier molecular flexibility index (Phi) is 9.40. The fourth-order valence-corrected chi connectivity index (χ4v) is 5.59. The number of rotatable bonds is 2. The van der Waals surface area contributed by atoms with Gasteiger partial charge in [-0.15, -0.1) is 13.2 Å². The normalized spacial score (nSPS) is 16.0. The molecule has 1 N–H and O–H groups in total. The molecule has 17 heteroatoms. The molecule has 1 atom stereocenters. The molecule has 0 aliphatic carbocycles. The van der Waals surface area contributed by atoms with E-state index in [-0.39, 0.29) is 28.7 Å². The number of amides is 1. The van der Waals surface area contributed by atoms with Crippen LogP contribution < -0.4 is 9.64 Å². The van der Waals surface area contributed by atoms with Gasteiger partial charge in [0.25, 0.3) is 10.9 Å². The van der Waals surface area contributed by atoms with Crippen LogP contribution in [-0.2, 0) is 4.74 Å². The van der Waals surface area contributed by atoms with Crippen LogP contribution in [0.4, 0.5) is 28.4 Å². The Morgan fingerprint density at radius 1 is 1.14 bits per heavy atom. The van der Waals surface area contributed by atoms with E-state index >= 15 is 0 Å². The van der Waals surface area contributed by atoms with Gasteiger partial charge in [-0.2, -0.15) is 4.98 Å². The molecule has 1 aliphatic rings. The predicted molar refractivity (Wildman–Crippen MR) is 157 cm³/mol. The Balaban J connectivity index is 0.000000279. The van der Waals surface area contributed by atoms with Gasteiger partial charge < -0.3 is 33.1 Å². The van der Waals surface area contributed by atoms with E-state index < -0.39 is 35.1 Å². The van der Waals surface area contributed by atoms with Crippen molar-refractivity contribution < 1.29 is 40.7 Å². The summed E-state index contributed by atoms with van der Waals surface area (Å²) in [6, 6.07) is 4.06. The highest BCUT2D eigenvalue weighted by Crippen LogP contribution is 2.39. The quantitative estimate of drug-likeness (QED) is 0.160. The van der Waals surface area contributed by atoms with Crippen LogP contribution in [0.25, 0.3) is 22.2 Å². The van der Waals surface area contributed by atoms with E-state index in [2.05, 4.69) is 46.6 Å². The molecule has 1 saturated heterocycles. The van der Waals surface area contributed by atoms with Crippen molar-refractivity contribution >= 4 is 90.0 Å². The molecule has 9 nitrogen and oxygen atoms in total. The van der Waals surface area contributed by atoms with Gasteiger partial charge in [0.2, 0.25) is 0 Å². The van der Waals surface area contributed by atoms with E-state index in [1.807, 2.05) is 0 Å². The second kappa shape index (κ2) is 12.2. The number of hydrogen-bond acceptors (Lipinski definition) is 8. The summed E-state index contributed by atoms with van der Waals surface area (Å²) in [5.41, 5.74) is 0.398. The Hall–Kier alpha value is -2.56. The third-order valence-corrected chi connectivity index (χ3v) is 7.28. The molecule has 1 unspecified atom stereocenters. The smallest absolute Gasteiger partial charge is 0.444 e. The molecule has 2 aromatic carbocycles. The van der Waals surface area contributed by atoms with Crippen molar-refractivity contribution in [3.05, 3.63) is 42.8 Å². The molecule has 42 heavy (non-hydrogen) atoms. The Morgan fingerprint density at radius 3 is 2.43 bits per heavy atom. The number of nitrogens with zero attached hydrogens (tertiary/aromatic N) is 3. The Morgan fingerprint density at radius 2 is 1.81 bits per heavy atom. The molecule has 5 rings (SSSR count). The predicted octanol–water partition coefficient (Wildman–Crippen LogP) is 8.98. The number of carbonyl (C=O) groups excluding carboxylic acids is 1. The van der Waals surface area contributed by atoms with Gasteiger partial charge in [0, 0.05) is 30.7 Å². The highest BCUT2D eigenvalue weighted by Gasteiger charge is 2.36. The van der Waals surface area contributed by atoms with Crippen molar-refractivity contribution in [1.82, 2.24) is 14.9 Å². The molecule has 4 aromatic rings. The second-order valence-electron chi connectivity index (χ2n) is 10.1. The first-order valence-electron chi connectivity index (χ1n) is 12.2. The van der Waals surface area contributed by atoms with E-state index in [0.29, 0.717) is 28.5 Å². The lowest BCUT2D eigenvalue weighted by Crippen LogP contribution is -2.54. The number of benzene rings is 2. The number of ether oxygens (including phenoxy) is 2. The number of aromatic nitrogens is 2. The van der Waals surface area contributed by atoms with Crippen LogP contribution in [0.1, 0.15) is 27.7 Å². The van der Waals surface area contributed by atoms with E-state index in [4.69, 9.17) is 37.4 Å². The summed E-state index contributed by atoms with van der Waals surface area (Å²) in [6.45, 7) is 7.97. The first-order chi connectivity index (χ1) is 19.4. The summed E-state index contributed by atoms with van der Waals surface area (Å²) in [7, 11) is 0. The minimum absolute atomic E-state index is 0.000312. The molecular weight excluding hydrogens is 740 g/mol. The van der Waals surface area contributed by atoms with Gasteiger partial charge in [-0.25, -0.2) is 9.18 Å². The maximum Gasteiger partial charge on any atom is 0.573 e. The second-order valence-corrected chi connectivity index (χ2v) is 12.7. The van der Waals surface area contributed by atoms with Crippen LogP contribution in [0.2, 0.25) is 5.02 Å². The number of oxazole rings is 2. The molecule has 0 bridgehead atoms. The van der Waals surface area contributed by atoms with E-state index in [9.17, 15) is 22.4 Å². The maximum absolute atomic E-state index is 14.1. The molecule has 1 amide bonds. The van der Waals surface area contributed by atoms with Crippen LogP contribution in [0.15, 0.2) is 36.0 Å². The largest absolute Gasteiger partial charge is 0.573 e. The minimum atomic E-state index is -5.09. The van der Waals surface area contributed by atoms with E-state index in [1.165, 1.54) is 4.90 Å². The summed E-state index contributed by atoms with van der Waals surface area (Å²) >= 11 is 17.0. The average molecular weight is 763 g/mol. The molecule has 0 saturated carbocycles. The summed E-state index contributed by atoms with van der Waals surface area (Å²) in [6.07, 6.45) is -5.55. The number of halogens is 7. The number of hydrogen-bond donors (Lipinski definition) is 1. The molecule has 2 aromatic heterocycles. The topological polar surface area (TPSA) is 97.0 Å². The van der Waals surface area contributed by atoms with Crippen molar-refractivity contribution in [1.29, 1.82) is 0 Å². The zero-order valence-electron chi connectivity index (χ0n) is 22.4. The number of carbonyl (C=O) groups is 1.